The third-order valence-electron chi connectivity index (χ3n) is 4.52. The third-order valence-corrected chi connectivity index (χ3v) is 6.06. The lowest BCUT2D eigenvalue weighted by atomic mass is 10.1. The molecule has 0 heterocycles. The van der Waals surface area contributed by atoms with Crippen molar-refractivity contribution in [3.8, 4) is 0 Å². The number of aryl methyl sites for hydroxylation is 1. The summed E-state index contributed by atoms with van der Waals surface area (Å²) in [6.45, 7) is 0. The van der Waals surface area contributed by atoms with Crippen molar-refractivity contribution in [1.29, 1.82) is 0 Å². The van der Waals surface area contributed by atoms with Crippen LogP contribution >= 0.6 is 0 Å². The van der Waals surface area contributed by atoms with Crippen LogP contribution in [0.2, 0.25) is 0 Å². The number of nitrogens with one attached hydrogen (secondary N) is 2. The average Bonchev–Trinajstić information content (AvgIpc) is 3.42. The van der Waals surface area contributed by atoms with Crippen molar-refractivity contribution in [2.24, 2.45) is 0 Å². The number of anilines is 2. The van der Waals surface area contributed by atoms with E-state index in [0.717, 1.165) is 30.5 Å². The molecule has 9 heteroatoms. The van der Waals surface area contributed by atoms with Crippen LogP contribution in [0.1, 0.15) is 24.8 Å². The minimum Gasteiger partial charge on any atom is -0.373 e. The predicted molar refractivity (Wildman–Crippen MR) is 107 cm³/mol. The predicted octanol–water partition coefficient (Wildman–Crippen LogP) is 3.04. The van der Waals surface area contributed by atoms with E-state index in [9.17, 15) is 22.0 Å². The highest BCUT2D eigenvalue weighted by atomic mass is 32.2. The maximum atomic E-state index is 14.0. The van der Waals surface area contributed by atoms with E-state index >= 15 is 0 Å². The van der Waals surface area contributed by atoms with Gasteiger partial charge in [-0.3, -0.25) is 4.79 Å². The smallest absolute Gasteiger partial charge is 0.240 e. The molecule has 2 N–H and O–H groups in total. The van der Waals surface area contributed by atoms with E-state index in [4.69, 9.17) is 0 Å². The second-order valence-electron chi connectivity index (χ2n) is 7.27. The minimum atomic E-state index is -3.51. The van der Waals surface area contributed by atoms with Crippen LogP contribution in [0.4, 0.5) is 20.2 Å². The summed E-state index contributed by atoms with van der Waals surface area (Å²) in [5.74, 6) is -1.92. The molecule has 0 saturated heterocycles. The Kier molecular flexibility index (Phi) is 6.18. The summed E-state index contributed by atoms with van der Waals surface area (Å²) in [4.78, 5) is 13.6. The Morgan fingerprint density at radius 1 is 1.10 bits per heavy atom. The molecule has 0 aromatic heterocycles. The van der Waals surface area contributed by atoms with Crippen molar-refractivity contribution in [2.45, 2.75) is 36.6 Å². The highest BCUT2D eigenvalue weighted by Crippen LogP contribution is 2.26. The second kappa shape index (κ2) is 8.46. The standard InChI is InChI=1S/C20H23F2N3O3S/c1-25(2)20-17(21)11-15(12-18(20)22)23-19(26)10-5-13-3-8-16(9-4-13)29(27,28)24-14-6-7-14/h3-4,8-9,11-12,14,24H,5-7,10H2,1-2H3,(H,23,26). The highest BCUT2D eigenvalue weighted by molar-refractivity contribution is 7.89. The lowest BCUT2D eigenvalue weighted by Gasteiger charge is -2.16. The third kappa shape index (κ3) is 5.51. The van der Waals surface area contributed by atoms with Crippen LogP contribution in [0.25, 0.3) is 0 Å². The zero-order valence-electron chi connectivity index (χ0n) is 16.2. The van der Waals surface area contributed by atoms with Gasteiger partial charge in [0, 0.05) is 32.2 Å². The Balaban J connectivity index is 1.57. The number of hydrogen-bond acceptors (Lipinski definition) is 4. The van der Waals surface area contributed by atoms with Crippen molar-refractivity contribution in [3.05, 3.63) is 53.6 Å². The molecular formula is C20H23F2N3O3S. The maximum Gasteiger partial charge on any atom is 0.240 e. The van der Waals surface area contributed by atoms with Crippen LogP contribution in [0.3, 0.4) is 0 Å². The Bertz CT molecular complexity index is 981. The second-order valence-corrected chi connectivity index (χ2v) is 8.98. The van der Waals surface area contributed by atoms with Gasteiger partial charge in [-0.2, -0.15) is 0 Å². The quantitative estimate of drug-likeness (QED) is 0.684. The van der Waals surface area contributed by atoms with Crippen LogP contribution in [-0.4, -0.2) is 34.5 Å². The lowest BCUT2D eigenvalue weighted by molar-refractivity contribution is -0.116. The number of carbonyl (C=O) groups excluding carboxylic acids is 1. The summed E-state index contributed by atoms with van der Waals surface area (Å²) in [7, 11) is -0.455. The van der Waals surface area contributed by atoms with Crippen molar-refractivity contribution >= 4 is 27.3 Å². The Hall–Kier alpha value is -2.52. The molecule has 1 saturated carbocycles. The molecule has 0 atom stereocenters. The fourth-order valence-electron chi connectivity index (χ4n) is 2.87. The molecule has 2 aromatic carbocycles. The number of halogens is 2. The van der Waals surface area contributed by atoms with Gasteiger partial charge < -0.3 is 10.2 Å². The summed E-state index contributed by atoms with van der Waals surface area (Å²) in [6.07, 6.45) is 2.17. The summed E-state index contributed by atoms with van der Waals surface area (Å²) < 4.78 is 54.9. The van der Waals surface area contributed by atoms with E-state index < -0.39 is 27.6 Å². The molecule has 1 aliphatic carbocycles. The normalized spacial score (nSPS) is 13.9. The lowest BCUT2D eigenvalue weighted by Crippen LogP contribution is -2.25. The molecule has 0 radical (unpaired) electrons. The van der Waals surface area contributed by atoms with Crippen molar-refractivity contribution in [2.75, 3.05) is 24.3 Å². The van der Waals surface area contributed by atoms with Crippen LogP contribution in [0.5, 0.6) is 0 Å². The number of benzene rings is 2. The average molecular weight is 423 g/mol. The first-order chi connectivity index (χ1) is 13.7. The molecule has 0 unspecified atom stereocenters. The zero-order chi connectivity index (χ0) is 21.2. The molecule has 29 heavy (non-hydrogen) atoms. The first-order valence-electron chi connectivity index (χ1n) is 9.23. The minimum absolute atomic E-state index is 0.0323. The van der Waals surface area contributed by atoms with Crippen molar-refractivity contribution < 1.29 is 22.0 Å². The molecule has 3 rings (SSSR count). The van der Waals surface area contributed by atoms with Crippen molar-refractivity contribution in [1.82, 2.24) is 4.72 Å². The molecular weight excluding hydrogens is 400 g/mol. The van der Waals surface area contributed by atoms with Gasteiger partial charge in [0.15, 0.2) is 11.6 Å². The van der Waals surface area contributed by atoms with Gasteiger partial charge in [-0.25, -0.2) is 21.9 Å². The zero-order valence-corrected chi connectivity index (χ0v) is 17.0. The Morgan fingerprint density at radius 2 is 1.69 bits per heavy atom. The fourth-order valence-corrected chi connectivity index (χ4v) is 4.18. The molecule has 0 bridgehead atoms. The SMILES string of the molecule is CN(C)c1c(F)cc(NC(=O)CCc2ccc(S(=O)(=O)NC3CC3)cc2)cc1F. The van der Waals surface area contributed by atoms with Gasteiger partial charge in [0.05, 0.1) is 4.90 Å². The van der Waals surface area contributed by atoms with E-state index in [1.54, 1.807) is 12.1 Å². The summed E-state index contributed by atoms with van der Waals surface area (Å²) >= 11 is 0. The topological polar surface area (TPSA) is 78.5 Å². The largest absolute Gasteiger partial charge is 0.373 e. The van der Waals surface area contributed by atoms with E-state index in [2.05, 4.69) is 10.0 Å². The summed E-state index contributed by atoms with van der Waals surface area (Å²) in [5.41, 5.74) is 0.656. The van der Waals surface area contributed by atoms with Crippen LogP contribution in [-0.2, 0) is 21.2 Å². The number of hydrogen-bond donors (Lipinski definition) is 2. The van der Waals surface area contributed by atoms with Crippen LogP contribution in [0, 0.1) is 11.6 Å². The first-order valence-corrected chi connectivity index (χ1v) is 10.7. The molecule has 2 aromatic rings. The van der Waals surface area contributed by atoms with Gasteiger partial charge in [0.2, 0.25) is 15.9 Å². The maximum absolute atomic E-state index is 14.0. The Labute approximate surface area is 169 Å². The number of nitrogens with zero attached hydrogens (tertiary/aromatic N) is 1. The van der Waals surface area contributed by atoms with E-state index in [-0.39, 0.29) is 28.7 Å². The molecule has 1 aliphatic rings. The molecule has 0 spiro atoms. The number of carbonyl (C=O) groups is 1. The van der Waals surface area contributed by atoms with Gasteiger partial charge in [-0.15, -0.1) is 0 Å². The van der Waals surface area contributed by atoms with E-state index in [0.29, 0.717) is 6.42 Å². The van der Waals surface area contributed by atoms with Gasteiger partial charge in [0.25, 0.3) is 0 Å². The first kappa shape index (κ1) is 21.2. The van der Waals surface area contributed by atoms with Crippen LogP contribution < -0.4 is 14.9 Å². The molecule has 156 valence electrons. The van der Waals surface area contributed by atoms with E-state index in [1.807, 2.05) is 0 Å². The highest BCUT2D eigenvalue weighted by Gasteiger charge is 2.27. The van der Waals surface area contributed by atoms with Gasteiger partial charge in [-0.1, -0.05) is 12.1 Å². The van der Waals surface area contributed by atoms with Crippen molar-refractivity contribution in [3.63, 3.8) is 0 Å². The Morgan fingerprint density at radius 3 is 2.21 bits per heavy atom. The number of amides is 1. The number of rotatable bonds is 8. The molecule has 6 nitrogen and oxygen atoms in total. The molecule has 1 amide bonds. The van der Waals surface area contributed by atoms with Gasteiger partial charge >= 0.3 is 0 Å². The van der Waals surface area contributed by atoms with Gasteiger partial charge in [0.1, 0.15) is 5.69 Å². The fraction of sp³-hybridized carbons (Fsp3) is 0.350. The monoisotopic (exact) mass is 423 g/mol. The number of sulfonamides is 1. The summed E-state index contributed by atoms with van der Waals surface area (Å²) in [5, 5.41) is 2.48. The van der Waals surface area contributed by atoms with E-state index in [1.165, 1.54) is 31.1 Å². The summed E-state index contributed by atoms with van der Waals surface area (Å²) in [6, 6.07) is 8.49. The molecule has 0 aliphatic heterocycles. The van der Waals surface area contributed by atoms with Crippen LogP contribution in [0.15, 0.2) is 41.3 Å². The molecule has 1 fully saturated rings. The van der Waals surface area contributed by atoms with Gasteiger partial charge in [-0.05, 0) is 49.1 Å².